The molecule has 0 bridgehead atoms. The van der Waals surface area contributed by atoms with Gasteiger partial charge in [0.2, 0.25) is 0 Å². The van der Waals surface area contributed by atoms with E-state index in [1.165, 1.54) is 0 Å². The molecule has 0 unspecified atom stereocenters. The molecule has 1 heterocycles. The van der Waals surface area contributed by atoms with E-state index in [4.69, 9.17) is 9.96 Å². The Hall–Kier alpha value is -1.36. The maximum Gasteiger partial charge on any atom is 0.192 e. The molecule has 1 rings (SSSR count). The standard InChI is InChI=1S/C13H22N4OSi/c1-13(2,3)19(4,5)18-10-12(16-17-14)11-8-6-7-9-15-11/h6-9,12H,10H2,1-5H3/t12-/m1/s1. The first kappa shape index (κ1) is 15.7. The van der Waals surface area contributed by atoms with Gasteiger partial charge in [-0.3, -0.25) is 4.98 Å². The maximum atomic E-state index is 8.67. The predicted molar refractivity (Wildman–Crippen MR) is 79.3 cm³/mol. The number of hydrogen-bond donors (Lipinski definition) is 0. The van der Waals surface area contributed by atoms with E-state index in [9.17, 15) is 0 Å². The molecular formula is C13H22N4OSi. The van der Waals surface area contributed by atoms with Crippen LogP contribution in [0, 0.1) is 0 Å². The van der Waals surface area contributed by atoms with Crippen LogP contribution in [-0.2, 0) is 4.43 Å². The molecular weight excluding hydrogens is 256 g/mol. The largest absolute Gasteiger partial charge is 0.416 e. The predicted octanol–water partition coefficient (Wildman–Crippen LogP) is 4.45. The molecule has 0 N–H and O–H groups in total. The highest BCUT2D eigenvalue weighted by Crippen LogP contribution is 2.37. The second kappa shape index (κ2) is 6.19. The third-order valence-corrected chi connectivity index (χ3v) is 8.13. The lowest BCUT2D eigenvalue weighted by Gasteiger charge is -2.36. The Balaban J connectivity index is 2.80. The van der Waals surface area contributed by atoms with Gasteiger partial charge >= 0.3 is 0 Å². The molecule has 0 aromatic carbocycles. The van der Waals surface area contributed by atoms with Crippen molar-refractivity contribution in [2.24, 2.45) is 5.11 Å². The van der Waals surface area contributed by atoms with Crippen LogP contribution in [0.4, 0.5) is 0 Å². The Labute approximate surface area is 115 Å². The fraction of sp³-hybridized carbons (Fsp3) is 0.615. The summed E-state index contributed by atoms with van der Waals surface area (Å²) in [6, 6.07) is 5.22. The second-order valence-corrected chi connectivity index (χ2v) is 10.9. The first-order valence-corrected chi connectivity index (χ1v) is 9.28. The molecule has 0 radical (unpaired) electrons. The Morgan fingerprint density at radius 3 is 2.58 bits per heavy atom. The Morgan fingerprint density at radius 2 is 2.11 bits per heavy atom. The molecule has 19 heavy (non-hydrogen) atoms. The van der Waals surface area contributed by atoms with Gasteiger partial charge in [0.15, 0.2) is 8.32 Å². The second-order valence-electron chi connectivity index (χ2n) is 6.05. The summed E-state index contributed by atoms with van der Waals surface area (Å²) >= 11 is 0. The molecule has 0 aliphatic rings. The van der Waals surface area contributed by atoms with Crippen molar-refractivity contribution in [1.29, 1.82) is 0 Å². The van der Waals surface area contributed by atoms with Crippen LogP contribution in [0.2, 0.25) is 18.1 Å². The van der Waals surface area contributed by atoms with Gasteiger partial charge in [-0.05, 0) is 35.8 Å². The first-order valence-electron chi connectivity index (χ1n) is 6.37. The van der Waals surface area contributed by atoms with Crippen molar-refractivity contribution in [3.8, 4) is 0 Å². The lowest BCUT2D eigenvalue weighted by atomic mass is 10.2. The highest BCUT2D eigenvalue weighted by atomic mass is 28.4. The number of nitrogens with zero attached hydrogens (tertiary/aromatic N) is 4. The van der Waals surface area contributed by atoms with Crippen LogP contribution in [0.25, 0.3) is 10.4 Å². The quantitative estimate of drug-likeness (QED) is 0.345. The van der Waals surface area contributed by atoms with Crippen molar-refractivity contribution in [2.45, 2.75) is 44.9 Å². The van der Waals surface area contributed by atoms with E-state index in [0.29, 0.717) is 6.61 Å². The fourth-order valence-electron chi connectivity index (χ4n) is 1.32. The van der Waals surface area contributed by atoms with Gasteiger partial charge in [-0.25, -0.2) is 0 Å². The number of pyridine rings is 1. The van der Waals surface area contributed by atoms with E-state index in [0.717, 1.165) is 5.69 Å². The molecule has 6 heteroatoms. The molecule has 0 aliphatic carbocycles. The number of hydrogen-bond acceptors (Lipinski definition) is 3. The van der Waals surface area contributed by atoms with Gasteiger partial charge in [0, 0.05) is 17.7 Å². The SMILES string of the molecule is CC(C)(C)[Si](C)(C)OC[C@@H](N=[N+]=[N-])c1ccccn1. The average molecular weight is 278 g/mol. The smallest absolute Gasteiger partial charge is 0.192 e. The van der Waals surface area contributed by atoms with Crippen LogP contribution in [0.15, 0.2) is 29.5 Å². The summed E-state index contributed by atoms with van der Waals surface area (Å²) in [7, 11) is -1.84. The summed E-state index contributed by atoms with van der Waals surface area (Å²) in [5.74, 6) is 0. The summed E-state index contributed by atoms with van der Waals surface area (Å²) in [5.41, 5.74) is 9.42. The molecule has 104 valence electrons. The third-order valence-electron chi connectivity index (χ3n) is 3.63. The summed E-state index contributed by atoms with van der Waals surface area (Å²) < 4.78 is 6.10. The monoisotopic (exact) mass is 278 g/mol. The molecule has 1 aromatic rings. The average Bonchev–Trinajstić information content (AvgIpc) is 2.34. The van der Waals surface area contributed by atoms with Crippen molar-refractivity contribution in [1.82, 2.24) is 4.98 Å². The van der Waals surface area contributed by atoms with Crippen molar-refractivity contribution >= 4 is 8.32 Å². The van der Waals surface area contributed by atoms with Crippen molar-refractivity contribution < 1.29 is 4.43 Å². The Morgan fingerprint density at radius 1 is 1.42 bits per heavy atom. The molecule has 5 nitrogen and oxygen atoms in total. The van der Waals surface area contributed by atoms with Crippen LogP contribution >= 0.6 is 0 Å². The van der Waals surface area contributed by atoms with E-state index in [1.54, 1.807) is 6.20 Å². The summed E-state index contributed by atoms with van der Waals surface area (Å²) in [6.07, 6.45) is 1.70. The Bertz CT molecular complexity index is 449. The van der Waals surface area contributed by atoms with Crippen LogP contribution in [0.5, 0.6) is 0 Å². The van der Waals surface area contributed by atoms with Gasteiger partial charge in [0.05, 0.1) is 5.69 Å². The minimum atomic E-state index is -1.84. The lowest BCUT2D eigenvalue weighted by molar-refractivity contribution is 0.262. The molecule has 0 saturated heterocycles. The maximum absolute atomic E-state index is 8.67. The number of rotatable bonds is 5. The van der Waals surface area contributed by atoms with E-state index in [2.05, 4.69) is 48.9 Å². The van der Waals surface area contributed by atoms with Gasteiger partial charge in [0.25, 0.3) is 0 Å². The number of aromatic nitrogens is 1. The van der Waals surface area contributed by atoms with Gasteiger partial charge in [-0.1, -0.05) is 32.0 Å². The van der Waals surface area contributed by atoms with Crippen molar-refractivity contribution in [3.63, 3.8) is 0 Å². The zero-order chi connectivity index (χ0) is 14.5. The summed E-state index contributed by atoms with van der Waals surface area (Å²) in [5, 5.41) is 3.93. The van der Waals surface area contributed by atoms with Crippen LogP contribution in [0.1, 0.15) is 32.5 Å². The molecule has 0 fully saturated rings. The molecule has 0 saturated carbocycles. The van der Waals surface area contributed by atoms with E-state index in [-0.39, 0.29) is 11.1 Å². The molecule has 0 aliphatic heterocycles. The third kappa shape index (κ3) is 4.35. The van der Waals surface area contributed by atoms with Crippen molar-refractivity contribution in [3.05, 3.63) is 40.5 Å². The van der Waals surface area contributed by atoms with E-state index in [1.807, 2.05) is 18.2 Å². The zero-order valence-electron chi connectivity index (χ0n) is 12.3. The van der Waals surface area contributed by atoms with Gasteiger partial charge in [0.1, 0.15) is 6.04 Å². The van der Waals surface area contributed by atoms with E-state index < -0.39 is 8.32 Å². The van der Waals surface area contributed by atoms with Gasteiger partial charge in [-0.2, -0.15) is 0 Å². The normalized spacial score (nSPS) is 13.7. The van der Waals surface area contributed by atoms with Crippen LogP contribution in [0.3, 0.4) is 0 Å². The fourth-order valence-corrected chi connectivity index (χ4v) is 2.32. The number of azide groups is 1. The first-order chi connectivity index (χ1) is 8.78. The Kier molecular flexibility index (Phi) is 5.11. The van der Waals surface area contributed by atoms with Gasteiger partial charge < -0.3 is 4.43 Å². The van der Waals surface area contributed by atoms with Gasteiger partial charge in [-0.15, -0.1) is 0 Å². The van der Waals surface area contributed by atoms with Crippen LogP contribution < -0.4 is 0 Å². The zero-order valence-corrected chi connectivity index (χ0v) is 13.3. The van der Waals surface area contributed by atoms with E-state index >= 15 is 0 Å². The molecule has 1 aromatic heterocycles. The lowest BCUT2D eigenvalue weighted by Crippen LogP contribution is -2.41. The minimum Gasteiger partial charge on any atom is -0.416 e. The van der Waals surface area contributed by atoms with Crippen molar-refractivity contribution in [2.75, 3.05) is 6.61 Å². The highest BCUT2D eigenvalue weighted by Gasteiger charge is 2.37. The highest BCUT2D eigenvalue weighted by molar-refractivity contribution is 6.74. The molecule has 0 amide bonds. The summed E-state index contributed by atoms with van der Waals surface area (Å²) in [6.45, 7) is 11.3. The summed E-state index contributed by atoms with van der Waals surface area (Å²) in [4.78, 5) is 7.13. The van der Waals surface area contributed by atoms with Crippen LogP contribution in [-0.4, -0.2) is 19.9 Å². The minimum absolute atomic E-state index is 0.137. The molecule has 1 atom stereocenters. The molecule has 0 spiro atoms. The topological polar surface area (TPSA) is 70.9 Å².